The van der Waals surface area contributed by atoms with E-state index in [2.05, 4.69) is 34.1 Å². The molecule has 37 heavy (non-hydrogen) atoms. The molecule has 5 nitrogen and oxygen atoms in total. The van der Waals surface area contributed by atoms with Crippen molar-refractivity contribution in [3.8, 4) is 0 Å². The lowest BCUT2D eigenvalue weighted by Gasteiger charge is -2.28. The zero-order valence-corrected chi connectivity index (χ0v) is 20.3. The molecule has 6 rings (SSSR count). The monoisotopic (exact) mass is 505 g/mol. The molecule has 0 saturated carbocycles. The number of anilines is 1. The molecule has 0 radical (unpaired) electrons. The van der Waals surface area contributed by atoms with E-state index in [1.165, 1.54) is 39.9 Å². The van der Waals surface area contributed by atoms with Gasteiger partial charge >= 0.3 is 0 Å². The summed E-state index contributed by atoms with van der Waals surface area (Å²) in [6.45, 7) is 0.622. The summed E-state index contributed by atoms with van der Waals surface area (Å²) in [5.41, 5.74) is 3.21. The number of fused-ring (bicyclic) bond motifs is 2. The average Bonchev–Trinajstić information content (AvgIpc) is 3.25. The number of para-hydroxylation sites is 1. The second-order valence-electron chi connectivity index (χ2n) is 8.80. The minimum atomic E-state index is -0.570. The lowest BCUT2D eigenvalue weighted by Crippen LogP contribution is -2.54. The van der Waals surface area contributed by atoms with Crippen LogP contribution in [0.5, 0.6) is 0 Å². The van der Waals surface area contributed by atoms with E-state index in [9.17, 15) is 14.0 Å². The van der Waals surface area contributed by atoms with Gasteiger partial charge in [-0.25, -0.2) is 4.39 Å². The summed E-state index contributed by atoms with van der Waals surface area (Å²) in [6.07, 6.45) is 3.55. The van der Waals surface area contributed by atoms with E-state index in [0.29, 0.717) is 12.2 Å². The van der Waals surface area contributed by atoms with E-state index in [1.54, 1.807) is 6.08 Å². The van der Waals surface area contributed by atoms with Crippen LogP contribution in [0.1, 0.15) is 11.1 Å². The fraction of sp³-hybridized carbons (Fsp3) is 0.0333. The number of nitrogens with zero attached hydrogens (tertiary/aromatic N) is 2. The Balaban J connectivity index is 1.43. The highest BCUT2D eigenvalue weighted by Crippen LogP contribution is 2.28. The Morgan fingerprint density at radius 2 is 1.54 bits per heavy atom. The average molecular weight is 506 g/mol. The van der Waals surface area contributed by atoms with Crippen molar-refractivity contribution in [1.29, 1.82) is 0 Å². The lowest BCUT2D eigenvalue weighted by molar-refractivity contribution is -0.122. The minimum Gasteiger partial charge on any atom is -0.342 e. The number of hydrogen-bond acceptors (Lipinski definition) is 3. The Bertz CT molecular complexity index is 1750. The number of carbonyl (C=O) groups excluding carboxylic acids is 2. The Kier molecular flexibility index (Phi) is 5.62. The molecule has 7 heteroatoms. The summed E-state index contributed by atoms with van der Waals surface area (Å²) in [5, 5.41) is 5.80. The van der Waals surface area contributed by atoms with Gasteiger partial charge in [-0.05, 0) is 65.0 Å². The molecule has 1 aromatic heterocycles. The Labute approximate surface area is 217 Å². The maximum Gasteiger partial charge on any atom is 0.270 e. The van der Waals surface area contributed by atoms with E-state index in [4.69, 9.17) is 12.2 Å². The molecule has 1 saturated heterocycles. The molecule has 2 heterocycles. The van der Waals surface area contributed by atoms with Crippen LogP contribution in [-0.4, -0.2) is 21.5 Å². The van der Waals surface area contributed by atoms with Crippen molar-refractivity contribution in [2.45, 2.75) is 6.54 Å². The maximum absolute atomic E-state index is 13.4. The minimum absolute atomic E-state index is 0.0443. The summed E-state index contributed by atoms with van der Waals surface area (Å²) in [4.78, 5) is 27.5. The van der Waals surface area contributed by atoms with Crippen LogP contribution in [0.15, 0.2) is 103 Å². The first-order chi connectivity index (χ1) is 18.0. The van der Waals surface area contributed by atoms with E-state index >= 15 is 0 Å². The van der Waals surface area contributed by atoms with Gasteiger partial charge in [-0.15, -0.1) is 0 Å². The molecule has 5 aromatic rings. The first-order valence-corrected chi connectivity index (χ1v) is 12.1. The molecular weight excluding hydrogens is 485 g/mol. The highest BCUT2D eigenvalue weighted by Gasteiger charge is 2.34. The molecule has 0 spiro atoms. The van der Waals surface area contributed by atoms with Crippen LogP contribution in [0.3, 0.4) is 0 Å². The van der Waals surface area contributed by atoms with Crippen molar-refractivity contribution in [2.75, 3.05) is 4.90 Å². The molecule has 0 atom stereocenters. The van der Waals surface area contributed by atoms with Gasteiger partial charge < -0.3 is 4.57 Å². The zero-order valence-electron chi connectivity index (χ0n) is 19.5. The molecule has 2 amide bonds. The van der Waals surface area contributed by atoms with Gasteiger partial charge in [-0.3, -0.25) is 19.8 Å². The summed E-state index contributed by atoms with van der Waals surface area (Å²) in [5.74, 6) is -1.57. The van der Waals surface area contributed by atoms with E-state index in [1.807, 2.05) is 48.7 Å². The third-order valence-electron chi connectivity index (χ3n) is 6.53. The fourth-order valence-corrected chi connectivity index (χ4v) is 5.05. The van der Waals surface area contributed by atoms with Crippen LogP contribution < -0.4 is 10.2 Å². The van der Waals surface area contributed by atoms with E-state index in [0.717, 1.165) is 22.0 Å². The predicted molar refractivity (Wildman–Crippen MR) is 148 cm³/mol. The number of carbonyl (C=O) groups is 2. The van der Waals surface area contributed by atoms with Gasteiger partial charge in [0.2, 0.25) is 0 Å². The summed E-state index contributed by atoms with van der Waals surface area (Å²) < 4.78 is 15.6. The number of hydrogen-bond donors (Lipinski definition) is 1. The second kappa shape index (κ2) is 9.11. The fourth-order valence-electron chi connectivity index (χ4n) is 4.77. The van der Waals surface area contributed by atoms with Crippen LogP contribution in [0, 0.1) is 5.82 Å². The van der Waals surface area contributed by atoms with Gasteiger partial charge in [-0.1, -0.05) is 60.7 Å². The SMILES string of the molecule is O=C1NC(=S)N(c2ccc(F)cc2)C(=O)C1=Cc1cn(Cc2cccc3ccccc23)c2ccccc12. The number of rotatable bonds is 4. The maximum atomic E-state index is 13.4. The smallest absolute Gasteiger partial charge is 0.270 e. The molecule has 1 N–H and O–H groups in total. The van der Waals surface area contributed by atoms with E-state index in [-0.39, 0.29) is 10.7 Å². The van der Waals surface area contributed by atoms with Crippen LogP contribution in [0.25, 0.3) is 27.8 Å². The number of amides is 2. The van der Waals surface area contributed by atoms with Crippen LogP contribution in [0.4, 0.5) is 10.1 Å². The van der Waals surface area contributed by atoms with Crippen molar-refractivity contribution in [3.63, 3.8) is 0 Å². The van der Waals surface area contributed by atoms with Crippen molar-refractivity contribution >= 4 is 62.6 Å². The molecule has 0 aliphatic carbocycles. The van der Waals surface area contributed by atoms with Gasteiger partial charge in [0, 0.05) is 29.2 Å². The topological polar surface area (TPSA) is 54.3 Å². The third-order valence-corrected chi connectivity index (χ3v) is 6.81. The van der Waals surface area contributed by atoms with Crippen molar-refractivity contribution in [3.05, 3.63) is 120 Å². The number of halogens is 1. The Morgan fingerprint density at radius 1 is 0.838 bits per heavy atom. The molecule has 1 aliphatic rings. The summed E-state index contributed by atoms with van der Waals surface area (Å²) >= 11 is 5.25. The molecular formula is C30H20FN3O2S. The van der Waals surface area contributed by atoms with Crippen LogP contribution >= 0.6 is 12.2 Å². The standard InChI is InChI=1S/C30H20FN3O2S/c31-22-12-14-23(15-13-22)34-29(36)26(28(35)32-30(34)37)16-21-18-33(27-11-4-3-10-25(21)27)17-20-8-5-7-19-6-1-2-9-24(19)20/h1-16,18H,17H2,(H,32,35,37). The van der Waals surface area contributed by atoms with Gasteiger partial charge in [0.25, 0.3) is 11.8 Å². The zero-order chi connectivity index (χ0) is 25.5. The van der Waals surface area contributed by atoms with Gasteiger partial charge in [0.05, 0.1) is 5.69 Å². The Hall–Kier alpha value is -4.62. The van der Waals surface area contributed by atoms with Crippen molar-refractivity contribution in [2.24, 2.45) is 0 Å². The molecule has 180 valence electrons. The largest absolute Gasteiger partial charge is 0.342 e. The van der Waals surface area contributed by atoms with Crippen LogP contribution in [-0.2, 0) is 16.1 Å². The van der Waals surface area contributed by atoms with Crippen molar-refractivity contribution < 1.29 is 14.0 Å². The number of thiocarbonyl (C=S) groups is 1. The third kappa shape index (κ3) is 4.09. The Morgan fingerprint density at radius 3 is 2.35 bits per heavy atom. The molecule has 1 aliphatic heterocycles. The molecule has 1 fully saturated rings. The van der Waals surface area contributed by atoms with Gasteiger partial charge in [-0.2, -0.15) is 0 Å². The quantitative estimate of drug-likeness (QED) is 0.190. The number of aromatic nitrogens is 1. The predicted octanol–water partition coefficient (Wildman–Crippen LogP) is 5.81. The molecule has 0 bridgehead atoms. The summed E-state index contributed by atoms with van der Waals surface area (Å²) in [6, 6.07) is 27.7. The summed E-state index contributed by atoms with van der Waals surface area (Å²) in [7, 11) is 0. The normalized spacial score (nSPS) is 15.1. The number of benzene rings is 4. The van der Waals surface area contributed by atoms with Crippen LogP contribution in [0.2, 0.25) is 0 Å². The van der Waals surface area contributed by atoms with Gasteiger partial charge in [0.15, 0.2) is 5.11 Å². The molecule has 4 aromatic carbocycles. The highest BCUT2D eigenvalue weighted by molar-refractivity contribution is 7.80. The van der Waals surface area contributed by atoms with Crippen molar-refractivity contribution in [1.82, 2.24) is 9.88 Å². The van der Waals surface area contributed by atoms with E-state index < -0.39 is 17.6 Å². The number of nitrogens with one attached hydrogen (secondary N) is 1. The van der Waals surface area contributed by atoms with Gasteiger partial charge in [0.1, 0.15) is 11.4 Å². The first kappa shape index (κ1) is 22.8. The highest BCUT2D eigenvalue weighted by atomic mass is 32.1. The lowest BCUT2D eigenvalue weighted by atomic mass is 10.0. The molecule has 0 unspecified atom stereocenters. The second-order valence-corrected chi connectivity index (χ2v) is 9.19. The first-order valence-electron chi connectivity index (χ1n) is 11.7.